The summed E-state index contributed by atoms with van der Waals surface area (Å²) in [5.41, 5.74) is 0. The lowest BCUT2D eigenvalue weighted by Crippen LogP contribution is -2.52. The third kappa shape index (κ3) is 3.62. The first-order chi connectivity index (χ1) is 9.59. The molecule has 0 aromatic carbocycles. The second-order valence-electron chi connectivity index (χ2n) is 6.09. The molecule has 0 aromatic heterocycles. The number of nitrogens with one attached hydrogen (secondary N) is 1. The maximum absolute atomic E-state index is 12.4. The van der Waals surface area contributed by atoms with Gasteiger partial charge in [0.05, 0.1) is 0 Å². The molecule has 1 aliphatic heterocycles. The molecule has 0 saturated carbocycles. The Labute approximate surface area is 121 Å². The molecule has 4 nitrogen and oxygen atoms in total. The van der Waals surface area contributed by atoms with Crippen LogP contribution in [0.2, 0.25) is 0 Å². The number of carbonyl (C=O) groups excluding carboxylic acids is 2. The van der Waals surface area contributed by atoms with Crippen LogP contribution in [0.25, 0.3) is 0 Å². The fourth-order valence-corrected chi connectivity index (χ4v) is 3.10. The van der Waals surface area contributed by atoms with E-state index in [1.54, 1.807) is 6.92 Å². The first-order valence-electron chi connectivity index (χ1n) is 7.85. The zero-order valence-corrected chi connectivity index (χ0v) is 12.6. The zero-order chi connectivity index (χ0) is 14.5. The van der Waals surface area contributed by atoms with Gasteiger partial charge in [0.1, 0.15) is 6.04 Å². The molecule has 2 amide bonds. The number of hydrogen-bond acceptors (Lipinski definition) is 2. The minimum absolute atomic E-state index is 0.0277. The van der Waals surface area contributed by atoms with Gasteiger partial charge >= 0.3 is 0 Å². The summed E-state index contributed by atoms with van der Waals surface area (Å²) in [5.74, 6) is 0.130. The van der Waals surface area contributed by atoms with Crippen molar-refractivity contribution in [2.24, 2.45) is 5.92 Å². The smallest absolute Gasteiger partial charge is 0.245 e. The van der Waals surface area contributed by atoms with Gasteiger partial charge in [0, 0.05) is 18.5 Å². The number of allylic oxidation sites excluding steroid dienone is 2. The summed E-state index contributed by atoms with van der Waals surface area (Å²) in [5, 5.41) is 2.90. The quantitative estimate of drug-likeness (QED) is 0.805. The van der Waals surface area contributed by atoms with Crippen molar-refractivity contribution < 1.29 is 9.59 Å². The van der Waals surface area contributed by atoms with Gasteiger partial charge < -0.3 is 10.2 Å². The maximum atomic E-state index is 12.4. The number of likely N-dealkylation sites (tertiary alicyclic amines) is 1. The van der Waals surface area contributed by atoms with Crippen molar-refractivity contribution in [1.29, 1.82) is 0 Å². The Morgan fingerprint density at radius 3 is 2.70 bits per heavy atom. The molecule has 1 fully saturated rings. The summed E-state index contributed by atoms with van der Waals surface area (Å²) < 4.78 is 0. The Bertz CT molecular complexity index is 392. The van der Waals surface area contributed by atoms with Crippen molar-refractivity contribution in [2.45, 2.75) is 64.5 Å². The minimum Gasteiger partial charge on any atom is -0.344 e. The van der Waals surface area contributed by atoms with Gasteiger partial charge in [-0.3, -0.25) is 9.59 Å². The Morgan fingerprint density at radius 2 is 2.05 bits per heavy atom. The monoisotopic (exact) mass is 278 g/mol. The van der Waals surface area contributed by atoms with Gasteiger partial charge in [-0.05, 0) is 52.4 Å². The second-order valence-corrected chi connectivity index (χ2v) is 6.09. The highest BCUT2D eigenvalue weighted by atomic mass is 16.2. The van der Waals surface area contributed by atoms with Crippen LogP contribution in [0, 0.1) is 5.92 Å². The van der Waals surface area contributed by atoms with Crippen LogP contribution in [0.5, 0.6) is 0 Å². The van der Waals surface area contributed by atoms with E-state index >= 15 is 0 Å². The number of amides is 2. The number of hydrogen-bond donors (Lipinski definition) is 1. The first-order valence-corrected chi connectivity index (χ1v) is 7.85. The molecule has 0 unspecified atom stereocenters. The molecule has 20 heavy (non-hydrogen) atoms. The molecule has 4 heteroatoms. The van der Waals surface area contributed by atoms with E-state index in [0.29, 0.717) is 6.04 Å². The van der Waals surface area contributed by atoms with Crippen LogP contribution in [0.15, 0.2) is 12.2 Å². The summed E-state index contributed by atoms with van der Waals surface area (Å²) in [4.78, 5) is 26.5. The predicted octanol–water partition coefficient (Wildman–Crippen LogP) is 2.25. The molecule has 0 bridgehead atoms. The van der Waals surface area contributed by atoms with Crippen molar-refractivity contribution in [3.63, 3.8) is 0 Å². The lowest BCUT2D eigenvalue weighted by molar-refractivity contribution is -0.139. The second kappa shape index (κ2) is 6.91. The molecule has 1 saturated heterocycles. The van der Waals surface area contributed by atoms with E-state index in [0.717, 1.165) is 38.6 Å². The Morgan fingerprint density at radius 1 is 1.25 bits per heavy atom. The van der Waals surface area contributed by atoms with Crippen LogP contribution >= 0.6 is 0 Å². The molecule has 1 N–H and O–H groups in total. The van der Waals surface area contributed by atoms with Crippen molar-refractivity contribution in [3.05, 3.63) is 12.2 Å². The van der Waals surface area contributed by atoms with Gasteiger partial charge in [0.2, 0.25) is 11.8 Å². The average molecular weight is 278 g/mol. The molecule has 1 aliphatic carbocycles. The van der Waals surface area contributed by atoms with Crippen molar-refractivity contribution in [2.75, 3.05) is 6.54 Å². The summed E-state index contributed by atoms with van der Waals surface area (Å²) in [7, 11) is 0. The Balaban J connectivity index is 1.86. The molecule has 0 spiro atoms. The standard InChI is InChI=1S/C16H26N2O2/c1-12-8-6-7-11-18(12)16(20)13(2)17-15(19)14-9-4-3-5-10-14/h3-4,12-14H,5-11H2,1-2H3,(H,17,19)/t12-,13+,14+/m1/s1. The molecule has 3 atom stereocenters. The van der Waals surface area contributed by atoms with E-state index in [9.17, 15) is 9.59 Å². The van der Waals surface area contributed by atoms with Crippen LogP contribution in [-0.2, 0) is 9.59 Å². The van der Waals surface area contributed by atoms with Gasteiger partial charge in [0.25, 0.3) is 0 Å². The van der Waals surface area contributed by atoms with E-state index < -0.39 is 6.04 Å². The van der Waals surface area contributed by atoms with Crippen molar-refractivity contribution in [3.8, 4) is 0 Å². The molecule has 2 rings (SSSR count). The minimum atomic E-state index is -0.408. The molecule has 2 aliphatic rings. The van der Waals surface area contributed by atoms with Gasteiger partial charge in [-0.2, -0.15) is 0 Å². The Hall–Kier alpha value is -1.32. The summed E-state index contributed by atoms with van der Waals surface area (Å²) >= 11 is 0. The fraction of sp³-hybridized carbons (Fsp3) is 0.750. The van der Waals surface area contributed by atoms with E-state index in [2.05, 4.69) is 24.4 Å². The highest BCUT2D eigenvalue weighted by Crippen LogP contribution is 2.19. The van der Waals surface area contributed by atoms with E-state index in [4.69, 9.17) is 0 Å². The van der Waals surface area contributed by atoms with Crippen LogP contribution < -0.4 is 5.32 Å². The largest absolute Gasteiger partial charge is 0.344 e. The molecular weight excluding hydrogens is 252 g/mol. The van der Waals surface area contributed by atoms with E-state index in [1.165, 1.54) is 6.42 Å². The number of carbonyl (C=O) groups is 2. The molecule has 112 valence electrons. The van der Waals surface area contributed by atoms with Gasteiger partial charge in [-0.15, -0.1) is 0 Å². The molecule has 0 radical (unpaired) electrons. The van der Waals surface area contributed by atoms with Crippen molar-refractivity contribution >= 4 is 11.8 Å². The summed E-state index contributed by atoms with van der Waals surface area (Å²) in [6.07, 6.45) is 10.2. The first kappa shape index (κ1) is 15.1. The fourth-order valence-electron chi connectivity index (χ4n) is 3.10. The maximum Gasteiger partial charge on any atom is 0.245 e. The highest BCUT2D eigenvalue weighted by molar-refractivity contribution is 5.88. The van der Waals surface area contributed by atoms with Crippen LogP contribution in [-0.4, -0.2) is 35.3 Å². The Kier molecular flexibility index (Phi) is 5.21. The number of rotatable bonds is 3. The summed E-state index contributed by atoms with van der Waals surface area (Å²) in [6, 6.07) is -0.109. The van der Waals surface area contributed by atoms with Gasteiger partial charge in [-0.25, -0.2) is 0 Å². The topological polar surface area (TPSA) is 49.4 Å². The summed E-state index contributed by atoms with van der Waals surface area (Å²) in [6.45, 7) is 4.73. The predicted molar refractivity (Wildman–Crippen MR) is 79.1 cm³/mol. The van der Waals surface area contributed by atoms with E-state index in [1.807, 2.05) is 4.90 Å². The van der Waals surface area contributed by atoms with Gasteiger partial charge in [-0.1, -0.05) is 12.2 Å². The van der Waals surface area contributed by atoms with Crippen LogP contribution in [0.1, 0.15) is 52.4 Å². The number of piperidine rings is 1. The van der Waals surface area contributed by atoms with Crippen LogP contribution in [0.4, 0.5) is 0 Å². The third-order valence-electron chi connectivity index (χ3n) is 4.46. The average Bonchev–Trinajstić information content (AvgIpc) is 2.48. The van der Waals surface area contributed by atoms with E-state index in [-0.39, 0.29) is 17.7 Å². The van der Waals surface area contributed by atoms with Crippen molar-refractivity contribution in [1.82, 2.24) is 10.2 Å². The lowest BCUT2D eigenvalue weighted by atomic mass is 9.93. The highest BCUT2D eigenvalue weighted by Gasteiger charge is 2.29. The lowest BCUT2D eigenvalue weighted by Gasteiger charge is -2.35. The molecular formula is C16H26N2O2. The normalized spacial score (nSPS) is 28.0. The SMILES string of the molecule is C[C@H](NC(=O)[C@H]1CC=CCC1)C(=O)N1CCCC[C@H]1C. The molecule has 1 heterocycles. The van der Waals surface area contributed by atoms with Gasteiger partial charge in [0.15, 0.2) is 0 Å². The molecule has 0 aromatic rings. The third-order valence-corrected chi connectivity index (χ3v) is 4.46. The number of nitrogens with zero attached hydrogens (tertiary/aromatic N) is 1. The van der Waals surface area contributed by atoms with Crippen LogP contribution in [0.3, 0.4) is 0 Å². The zero-order valence-electron chi connectivity index (χ0n) is 12.6.